The SMILES string of the molecule is CCCc1noc(CCCC(=O)NCCCn2ccc3ccccc32)n1. The van der Waals surface area contributed by atoms with E-state index in [-0.39, 0.29) is 5.91 Å². The van der Waals surface area contributed by atoms with Crippen molar-refractivity contribution in [2.75, 3.05) is 6.54 Å². The molecule has 6 heteroatoms. The first-order valence-electron chi connectivity index (χ1n) is 9.38. The molecule has 1 N–H and O–H groups in total. The molecule has 3 rings (SSSR count). The lowest BCUT2D eigenvalue weighted by molar-refractivity contribution is -0.121. The largest absolute Gasteiger partial charge is 0.356 e. The number of amides is 1. The number of aryl methyl sites for hydroxylation is 3. The van der Waals surface area contributed by atoms with E-state index in [0.29, 0.717) is 25.3 Å². The van der Waals surface area contributed by atoms with Crippen molar-refractivity contribution in [2.24, 2.45) is 0 Å². The maximum atomic E-state index is 11.9. The summed E-state index contributed by atoms with van der Waals surface area (Å²) in [7, 11) is 0. The van der Waals surface area contributed by atoms with Gasteiger partial charge in [-0.3, -0.25) is 4.79 Å². The van der Waals surface area contributed by atoms with Crippen LogP contribution in [0, 0.1) is 0 Å². The molecule has 0 spiro atoms. The van der Waals surface area contributed by atoms with Crippen LogP contribution in [0.3, 0.4) is 0 Å². The summed E-state index contributed by atoms with van der Waals surface area (Å²) in [6.07, 6.45) is 6.71. The van der Waals surface area contributed by atoms with Crippen molar-refractivity contribution in [2.45, 2.75) is 52.0 Å². The van der Waals surface area contributed by atoms with Crippen LogP contribution >= 0.6 is 0 Å². The highest BCUT2D eigenvalue weighted by atomic mass is 16.5. The minimum Gasteiger partial charge on any atom is -0.356 e. The zero-order chi connectivity index (χ0) is 18.2. The standard InChI is InChI=1S/C20H26N4O2/c1-2-7-18-22-20(26-23-18)11-5-10-19(25)21-13-6-14-24-15-12-16-8-3-4-9-17(16)24/h3-4,8-9,12,15H,2,5-7,10-11,13-14H2,1H3,(H,21,25). The fraction of sp³-hybridized carbons (Fsp3) is 0.450. The number of hydrogen-bond donors (Lipinski definition) is 1. The second-order valence-corrected chi connectivity index (χ2v) is 6.48. The fourth-order valence-electron chi connectivity index (χ4n) is 3.02. The maximum Gasteiger partial charge on any atom is 0.226 e. The number of rotatable bonds is 10. The third-order valence-electron chi connectivity index (χ3n) is 4.36. The first-order chi connectivity index (χ1) is 12.8. The normalized spacial score (nSPS) is 11.1. The zero-order valence-electron chi connectivity index (χ0n) is 15.3. The predicted molar refractivity (Wildman–Crippen MR) is 101 cm³/mol. The van der Waals surface area contributed by atoms with Crippen LogP contribution in [-0.4, -0.2) is 27.2 Å². The van der Waals surface area contributed by atoms with E-state index in [9.17, 15) is 4.79 Å². The molecule has 0 bridgehead atoms. The van der Waals surface area contributed by atoms with E-state index in [0.717, 1.165) is 38.1 Å². The lowest BCUT2D eigenvalue weighted by atomic mass is 10.2. The number of aromatic nitrogens is 3. The van der Waals surface area contributed by atoms with Gasteiger partial charge in [0.2, 0.25) is 11.8 Å². The molecule has 3 aromatic rings. The second-order valence-electron chi connectivity index (χ2n) is 6.48. The Morgan fingerprint density at radius 2 is 2.08 bits per heavy atom. The third kappa shape index (κ3) is 4.94. The van der Waals surface area contributed by atoms with Gasteiger partial charge in [0.25, 0.3) is 0 Å². The Labute approximate surface area is 153 Å². The van der Waals surface area contributed by atoms with Gasteiger partial charge in [0, 0.05) is 44.1 Å². The Hall–Kier alpha value is -2.63. The average Bonchev–Trinajstić information content (AvgIpc) is 3.26. The number of carbonyl (C=O) groups excluding carboxylic acids is 1. The van der Waals surface area contributed by atoms with E-state index in [1.54, 1.807) is 0 Å². The highest BCUT2D eigenvalue weighted by Crippen LogP contribution is 2.15. The molecule has 0 aliphatic heterocycles. The number of nitrogens with zero attached hydrogens (tertiary/aromatic N) is 3. The summed E-state index contributed by atoms with van der Waals surface area (Å²) >= 11 is 0. The number of hydrogen-bond acceptors (Lipinski definition) is 4. The molecule has 0 fully saturated rings. The summed E-state index contributed by atoms with van der Waals surface area (Å²) in [5, 5.41) is 8.16. The van der Waals surface area contributed by atoms with Gasteiger partial charge in [-0.25, -0.2) is 0 Å². The molecule has 0 unspecified atom stereocenters. The maximum absolute atomic E-state index is 11.9. The molecule has 1 aromatic carbocycles. The van der Waals surface area contributed by atoms with Gasteiger partial charge < -0.3 is 14.4 Å². The second kappa shape index (κ2) is 9.17. The molecule has 0 aliphatic rings. The molecular weight excluding hydrogens is 328 g/mol. The van der Waals surface area contributed by atoms with Crippen LogP contribution in [0.4, 0.5) is 0 Å². The first kappa shape index (κ1) is 18.2. The predicted octanol–water partition coefficient (Wildman–Crippen LogP) is 3.51. The van der Waals surface area contributed by atoms with Crippen molar-refractivity contribution >= 4 is 16.8 Å². The van der Waals surface area contributed by atoms with Crippen LogP contribution in [0.2, 0.25) is 0 Å². The van der Waals surface area contributed by atoms with Crippen LogP contribution in [0.1, 0.15) is 44.3 Å². The minimum absolute atomic E-state index is 0.0793. The Morgan fingerprint density at radius 3 is 2.96 bits per heavy atom. The zero-order valence-corrected chi connectivity index (χ0v) is 15.3. The summed E-state index contributed by atoms with van der Waals surface area (Å²) in [6, 6.07) is 10.5. The van der Waals surface area contributed by atoms with Crippen LogP contribution in [0.25, 0.3) is 10.9 Å². The van der Waals surface area contributed by atoms with Gasteiger partial charge in [0.1, 0.15) is 0 Å². The summed E-state index contributed by atoms with van der Waals surface area (Å²) in [6.45, 7) is 3.67. The van der Waals surface area contributed by atoms with Crippen LogP contribution in [-0.2, 0) is 24.2 Å². The summed E-state index contributed by atoms with van der Waals surface area (Å²) < 4.78 is 7.41. The van der Waals surface area contributed by atoms with E-state index in [2.05, 4.69) is 57.4 Å². The van der Waals surface area contributed by atoms with E-state index in [1.807, 2.05) is 6.07 Å². The van der Waals surface area contributed by atoms with Crippen molar-refractivity contribution in [1.82, 2.24) is 20.0 Å². The number of para-hydroxylation sites is 1. The molecule has 0 atom stereocenters. The summed E-state index contributed by atoms with van der Waals surface area (Å²) in [5.41, 5.74) is 1.24. The highest BCUT2D eigenvalue weighted by Gasteiger charge is 2.07. The molecule has 0 saturated carbocycles. The van der Waals surface area contributed by atoms with Crippen LogP contribution < -0.4 is 5.32 Å². The Morgan fingerprint density at radius 1 is 1.19 bits per heavy atom. The van der Waals surface area contributed by atoms with Gasteiger partial charge in [-0.1, -0.05) is 30.3 Å². The molecule has 1 amide bonds. The lowest BCUT2D eigenvalue weighted by Gasteiger charge is -2.07. The van der Waals surface area contributed by atoms with E-state index in [1.165, 1.54) is 10.9 Å². The van der Waals surface area contributed by atoms with Gasteiger partial charge in [0.05, 0.1) is 0 Å². The molecule has 26 heavy (non-hydrogen) atoms. The van der Waals surface area contributed by atoms with Crippen molar-refractivity contribution in [3.8, 4) is 0 Å². The Kier molecular flexibility index (Phi) is 6.41. The van der Waals surface area contributed by atoms with Crippen molar-refractivity contribution in [1.29, 1.82) is 0 Å². The van der Waals surface area contributed by atoms with Crippen LogP contribution in [0.15, 0.2) is 41.1 Å². The van der Waals surface area contributed by atoms with E-state index in [4.69, 9.17) is 4.52 Å². The molecule has 0 radical (unpaired) electrons. The molecular formula is C20H26N4O2. The topological polar surface area (TPSA) is 73.0 Å². The van der Waals surface area contributed by atoms with Gasteiger partial charge >= 0.3 is 0 Å². The monoisotopic (exact) mass is 354 g/mol. The minimum atomic E-state index is 0.0793. The Balaban J connectivity index is 1.31. The van der Waals surface area contributed by atoms with Crippen molar-refractivity contribution in [3.63, 3.8) is 0 Å². The number of benzene rings is 1. The first-order valence-corrected chi connectivity index (χ1v) is 9.38. The van der Waals surface area contributed by atoms with Crippen molar-refractivity contribution in [3.05, 3.63) is 48.2 Å². The number of carbonyl (C=O) groups is 1. The summed E-state index contributed by atoms with van der Waals surface area (Å²) in [5.74, 6) is 1.46. The number of fused-ring (bicyclic) bond motifs is 1. The Bertz CT molecular complexity index is 837. The molecule has 0 saturated heterocycles. The van der Waals surface area contributed by atoms with Gasteiger partial charge in [-0.05, 0) is 36.8 Å². The molecule has 138 valence electrons. The lowest BCUT2D eigenvalue weighted by Crippen LogP contribution is -2.25. The number of nitrogens with one attached hydrogen (secondary N) is 1. The summed E-state index contributed by atoms with van der Waals surface area (Å²) in [4.78, 5) is 16.2. The van der Waals surface area contributed by atoms with E-state index >= 15 is 0 Å². The van der Waals surface area contributed by atoms with Crippen LogP contribution in [0.5, 0.6) is 0 Å². The highest BCUT2D eigenvalue weighted by molar-refractivity contribution is 5.79. The molecule has 2 aromatic heterocycles. The average molecular weight is 354 g/mol. The smallest absolute Gasteiger partial charge is 0.226 e. The van der Waals surface area contributed by atoms with Crippen molar-refractivity contribution < 1.29 is 9.32 Å². The quantitative estimate of drug-likeness (QED) is 0.566. The van der Waals surface area contributed by atoms with Gasteiger partial charge in [0.15, 0.2) is 5.82 Å². The molecule has 6 nitrogen and oxygen atoms in total. The third-order valence-corrected chi connectivity index (χ3v) is 4.36. The fourth-order valence-corrected chi connectivity index (χ4v) is 3.02. The van der Waals surface area contributed by atoms with E-state index < -0.39 is 0 Å². The van der Waals surface area contributed by atoms with Gasteiger partial charge in [-0.15, -0.1) is 0 Å². The molecule has 2 heterocycles. The molecule has 0 aliphatic carbocycles. The van der Waals surface area contributed by atoms with Gasteiger partial charge in [-0.2, -0.15) is 4.98 Å².